The fourth-order valence-electron chi connectivity index (χ4n) is 3.95. The number of carbonyl (C=O) groups is 3. The molecule has 27 heavy (non-hydrogen) atoms. The molecule has 0 spiro atoms. The van der Waals surface area contributed by atoms with Crippen molar-refractivity contribution in [2.45, 2.75) is 25.6 Å². The van der Waals surface area contributed by atoms with Gasteiger partial charge in [0.2, 0.25) is 0 Å². The van der Waals surface area contributed by atoms with E-state index in [1.807, 2.05) is 36.4 Å². The van der Waals surface area contributed by atoms with Gasteiger partial charge >= 0.3 is 12.1 Å². The fraction of sp³-hybridized carbons (Fsp3) is 0.450. The molecular formula is C20H23NO6. The first-order valence-electron chi connectivity index (χ1n) is 8.86. The Morgan fingerprint density at radius 2 is 1.96 bits per heavy atom. The van der Waals surface area contributed by atoms with E-state index in [0.717, 1.165) is 10.5 Å². The number of rotatable bonds is 4. The molecule has 0 radical (unpaired) electrons. The van der Waals surface area contributed by atoms with Gasteiger partial charge < -0.3 is 14.2 Å². The van der Waals surface area contributed by atoms with E-state index in [2.05, 4.69) is 0 Å². The predicted octanol–water partition coefficient (Wildman–Crippen LogP) is 2.31. The average molecular weight is 373 g/mol. The number of carbonyl (C=O) groups excluding carboxylic acids is 3. The van der Waals surface area contributed by atoms with Crippen LogP contribution < -0.4 is 0 Å². The Morgan fingerprint density at radius 1 is 1.22 bits per heavy atom. The molecule has 2 aliphatic rings. The summed E-state index contributed by atoms with van der Waals surface area (Å²) in [6.07, 6.45) is 3.03. The van der Waals surface area contributed by atoms with Gasteiger partial charge in [0, 0.05) is 13.7 Å². The summed E-state index contributed by atoms with van der Waals surface area (Å²) >= 11 is 0. The van der Waals surface area contributed by atoms with Crippen LogP contribution in [0.25, 0.3) is 0 Å². The maximum atomic E-state index is 13.3. The number of methoxy groups -OCH3 is 2. The van der Waals surface area contributed by atoms with Crippen molar-refractivity contribution < 1.29 is 28.6 Å². The van der Waals surface area contributed by atoms with Crippen molar-refractivity contribution in [3.05, 3.63) is 48.0 Å². The molecule has 0 saturated carbocycles. The lowest BCUT2D eigenvalue weighted by molar-refractivity contribution is -0.185. The highest BCUT2D eigenvalue weighted by Crippen LogP contribution is 2.47. The zero-order valence-corrected chi connectivity index (χ0v) is 15.4. The molecule has 1 aromatic rings. The van der Waals surface area contributed by atoms with Crippen molar-refractivity contribution in [1.29, 1.82) is 0 Å². The maximum Gasteiger partial charge on any atom is 0.416 e. The van der Waals surface area contributed by atoms with Gasteiger partial charge in [0.1, 0.15) is 12.7 Å². The van der Waals surface area contributed by atoms with Gasteiger partial charge in [0.25, 0.3) is 5.91 Å². The lowest BCUT2D eigenvalue weighted by Crippen LogP contribution is -2.65. The van der Waals surface area contributed by atoms with E-state index in [-0.39, 0.29) is 19.1 Å². The molecule has 1 fully saturated rings. The van der Waals surface area contributed by atoms with Crippen LogP contribution >= 0.6 is 0 Å². The summed E-state index contributed by atoms with van der Waals surface area (Å²) in [6.45, 7) is 0.244. The number of allylic oxidation sites excluding steroid dienone is 1. The zero-order valence-electron chi connectivity index (χ0n) is 15.4. The van der Waals surface area contributed by atoms with E-state index in [1.165, 1.54) is 14.2 Å². The van der Waals surface area contributed by atoms with Crippen LogP contribution in [0.5, 0.6) is 0 Å². The van der Waals surface area contributed by atoms with Gasteiger partial charge in [-0.15, -0.1) is 0 Å². The first-order valence-corrected chi connectivity index (χ1v) is 8.86. The van der Waals surface area contributed by atoms with Crippen molar-refractivity contribution in [3.63, 3.8) is 0 Å². The molecule has 144 valence electrons. The molecule has 3 atom stereocenters. The quantitative estimate of drug-likeness (QED) is 0.458. The summed E-state index contributed by atoms with van der Waals surface area (Å²) in [6, 6.07) is 9.22. The fourth-order valence-corrected chi connectivity index (χ4v) is 3.95. The van der Waals surface area contributed by atoms with Gasteiger partial charge in [-0.25, -0.2) is 9.69 Å². The van der Waals surface area contributed by atoms with Crippen LogP contribution in [0.2, 0.25) is 0 Å². The smallest absolute Gasteiger partial charge is 0.416 e. The number of benzene rings is 1. The first kappa shape index (κ1) is 19.1. The molecule has 1 aliphatic carbocycles. The highest BCUT2D eigenvalue weighted by atomic mass is 16.6. The number of fused-ring (bicyclic) bond motifs is 1. The third kappa shape index (κ3) is 3.23. The van der Waals surface area contributed by atoms with Gasteiger partial charge in [-0.05, 0) is 24.3 Å². The van der Waals surface area contributed by atoms with Gasteiger partial charge in [-0.2, -0.15) is 0 Å². The lowest BCUT2D eigenvalue weighted by atomic mass is 9.62. The molecule has 0 bridgehead atoms. The number of imide groups is 1. The number of likely N-dealkylation sites (tertiary alicyclic amines) is 1. The van der Waals surface area contributed by atoms with Crippen LogP contribution in [0.3, 0.4) is 0 Å². The normalized spacial score (nSPS) is 27.0. The van der Waals surface area contributed by atoms with E-state index in [0.29, 0.717) is 12.8 Å². The number of hydrogen-bond acceptors (Lipinski definition) is 6. The van der Waals surface area contributed by atoms with Crippen molar-refractivity contribution in [3.8, 4) is 0 Å². The van der Waals surface area contributed by atoms with E-state index >= 15 is 0 Å². The van der Waals surface area contributed by atoms with Gasteiger partial charge in [0.15, 0.2) is 5.41 Å². The number of piperidine rings is 1. The van der Waals surface area contributed by atoms with Gasteiger partial charge in [-0.3, -0.25) is 9.59 Å². The summed E-state index contributed by atoms with van der Waals surface area (Å²) in [7, 11) is 2.64. The standard InChI is InChI=1S/C20H23NO6/c1-25-16-10-6-9-15-11-12-21(19(24)26-2)17(22)20(15,16)18(23)27-13-14-7-4-3-5-8-14/h3-8,10,15-16H,9,11-13H2,1-2H3/t15-,16-,20-/m0/s1. The minimum atomic E-state index is -1.59. The third-order valence-corrected chi connectivity index (χ3v) is 5.32. The number of ether oxygens (including phenoxy) is 3. The van der Waals surface area contributed by atoms with Crippen molar-refractivity contribution in [1.82, 2.24) is 4.90 Å². The second kappa shape index (κ2) is 7.92. The minimum absolute atomic E-state index is 0.0415. The van der Waals surface area contributed by atoms with Crippen LogP contribution in [0.4, 0.5) is 4.79 Å². The summed E-state index contributed by atoms with van der Waals surface area (Å²) in [5.41, 5.74) is -0.780. The molecule has 7 heteroatoms. The molecule has 3 rings (SSSR count). The highest BCUT2D eigenvalue weighted by molar-refractivity contribution is 6.09. The van der Waals surface area contributed by atoms with Gasteiger partial charge in [-0.1, -0.05) is 42.5 Å². The summed E-state index contributed by atoms with van der Waals surface area (Å²) in [5.74, 6) is -1.60. The number of nitrogens with zero attached hydrogens (tertiary/aromatic N) is 1. The van der Waals surface area contributed by atoms with Crippen LogP contribution in [-0.2, 0) is 30.4 Å². The molecule has 0 aromatic heterocycles. The van der Waals surface area contributed by atoms with E-state index < -0.39 is 29.5 Å². The third-order valence-electron chi connectivity index (χ3n) is 5.32. The summed E-state index contributed by atoms with van der Waals surface area (Å²) in [5, 5.41) is 0. The molecule has 7 nitrogen and oxygen atoms in total. The van der Waals surface area contributed by atoms with E-state index in [4.69, 9.17) is 14.2 Å². The monoisotopic (exact) mass is 373 g/mol. The second-order valence-corrected chi connectivity index (χ2v) is 6.66. The lowest BCUT2D eigenvalue weighted by Gasteiger charge is -2.48. The molecule has 1 heterocycles. The molecule has 1 saturated heterocycles. The average Bonchev–Trinajstić information content (AvgIpc) is 2.71. The summed E-state index contributed by atoms with van der Waals surface area (Å²) in [4.78, 5) is 39.6. The predicted molar refractivity (Wildman–Crippen MR) is 95.5 cm³/mol. The molecule has 1 aliphatic heterocycles. The Labute approximate surface area is 157 Å². The zero-order chi connectivity index (χ0) is 19.4. The number of esters is 1. The van der Waals surface area contributed by atoms with E-state index in [9.17, 15) is 14.4 Å². The Bertz CT molecular complexity index is 746. The van der Waals surface area contributed by atoms with Crippen molar-refractivity contribution in [2.24, 2.45) is 11.3 Å². The largest absolute Gasteiger partial charge is 0.460 e. The Hall–Kier alpha value is -2.67. The Morgan fingerprint density at radius 3 is 2.63 bits per heavy atom. The second-order valence-electron chi connectivity index (χ2n) is 6.66. The first-order chi connectivity index (χ1) is 13.1. The molecule has 2 amide bonds. The molecule has 0 N–H and O–H groups in total. The van der Waals surface area contributed by atoms with Crippen molar-refractivity contribution >= 4 is 18.0 Å². The SMILES string of the molecule is COC(=O)N1CC[C@@H]2CC=C[C@H](OC)[C@]2(C(=O)OCc2ccccc2)C1=O. The topological polar surface area (TPSA) is 82.1 Å². The Balaban J connectivity index is 1.94. The molecule has 1 aromatic carbocycles. The molecular weight excluding hydrogens is 350 g/mol. The summed E-state index contributed by atoms with van der Waals surface area (Å²) < 4.78 is 15.7. The van der Waals surface area contributed by atoms with Crippen LogP contribution in [0.15, 0.2) is 42.5 Å². The number of hydrogen-bond donors (Lipinski definition) is 0. The van der Waals surface area contributed by atoms with Crippen LogP contribution in [0.1, 0.15) is 18.4 Å². The van der Waals surface area contributed by atoms with Crippen LogP contribution in [0, 0.1) is 11.3 Å². The van der Waals surface area contributed by atoms with Gasteiger partial charge in [0.05, 0.1) is 7.11 Å². The van der Waals surface area contributed by atoms with Crippen LogP contribution in [-0.4, -0.2) is 49.7 Å². The van der Waals surface area contributed by atoms with Crippen molar-refractivity contribution in [2.75, 3.05) is 20.8 Å². The minimum Gasteiger partial charge on any atom is -0.460 e. The Kier molecular flexibility index (Phi) is 5.60. The number of amides is 2. The molecule has 0 unspecified atom stereocenters. The highest BCUT2D eigenvalue weighted by Gasteiger charge is 2.63. The maximum absolute atomic E-state index is 13.3. The van der Waals surface area contributed by atoms with E-state index in [1.54, 1.807) is 6.08 Å².